The number of carbonyl (C=O) groups is 2. The number of aromatic nitrogens is 1. The van der Waals surface area contributed by atoms with Crippen LogP contribution in [-0.2, 0) is 17.6 Å². The van der Waals surface area contributed by atoms with Gasteiger partial charge in [-0.05, 0) is 42.2 Å². The molecule has 0 atom stereocenters. The Morgan fingerprint density at radius 2 is 1.84 bits per heavy atom. The van der Waals surface area contributed by atoms with E-state index in [4.69, 9.17) is 4.74 Å². The van der Waals surface area contributed by atoms with Crippen LogP contribution in [0.25, 0.3) is 6.08 Å². The van der Waals surface area contributed by atoms with Crippen LogP contribution >= 0.6 is 11.3 Å². The van der Waals surface area contributed by atoms with Gasteiger partial charge >= 0.3 is 0 Å². The minimum absolute atomic E-state index is 0.0515. The number of benzene rings is 2. The molecule has 3 aromatic rings. The van der Waals surface area contributed by atoms with E-state index in [0.717, 1.165) is 29.7 Å². The van der Waals surface area contributed by atoms with E-state index < -0.39 is 0 Å². The van der Waals surface area contributed by atoms with E-state index in [0.29, 0.717) is 27.7 Å². The molecule has 0 aliphatic carbocycles. The normalized spacial score (nSPS) is 14.3. The summed E-state index contributed by atoms with van der Waals surface area (Å²) >= 11 is 1.39. The first-order chi connectivity index (χ1) is 15.0. The Morgan fingerprint density at radius 1 is 1.13 bits per heavy atom. The quantitative estimate of drug-likeness (QED) is 0.492. The lowest BCUT2D eigenvalue weighted by atomic mass is 10.00. The average Bonchev–Trinajstić information content (AvgIpc) is 3.23. The second kappa shape index (κ2) is 8.86. The van der Waals surface area contributed by atoms with Crippen molar-refractivity contribution in [1.29, 1.82) is 0 Å². The number of para-hydroxylation sites is 2. The van der Waals surface area contributed by atoms with Gasteiger partial charge in [0.2, 0.25) is 5.91 Å². The molecule has 0 spiro atoms. The molecule has 0 unspecified atom stereocenters. The standard InChI is InChI=1S/C25H24N2O3S/c1-4-17-9-8-10-18(5-2)23(17)27(16(3)28)25-26-20(15-31-25)13-19-14-30-22-12-7-6-11-21(22)24(19)29/h6-13,15H,4-5,14H2,1-3H3/b19-13+. The van der Waals surface area contributed by atoms with E-state index in [2.05, 4.69) is 31.0 Å². The summed E-state index contributed by atoms with van der Waals surface area (Å²) in [6, 6.07) is 13.4. The van der Waals surface area contributed by atoms with Crippen LogP contribution in [0.2, 0.25) is 0 Å². The van der Waals surface area contributed by atoms with Gasteiger partial charge in [0.1, 0.15) is 12.4 Å². The number of ketones is 1. The van der Waals surface area contributed by atoms with E-state index in [1.165, 1.54) is 11.3 Å². The number of amides is 1. The van der Waals surface area contributed by atoms with Gasteiger partial charge in [-0.3, -0.25) is 14.5 Å². The summed E-state index contributed by atoms with van der Waals surface area (Å²) in [5.74, 6) is 0.467. The summed E-state index contributed by atoms with van der Waals surface area (Å²) in [5.41, 5.74) is 4.89. The average molecular weight is 433 g/mol. The van der Waals surface area contributed by atoms with Gasteiger partial charge in [0.05, 0.1) is 16.9 Å². The first-order valence-corrected chi connectivity index (χ1v) is 11.3. The summed E-state index contributed by atoms with van der Waals surface area (Å²) in [6.45, 7) is 5.93. The Balaban J connectivity index is 1.71. The summed E-state index contributed by atoms with van der Waals surface area (Å²) in [7, 11) is 0. The Labute approximate surface area is 186 Å². The van der Waals surface area contributed by atoms with Crippen LogP contribution in [0.1, 0.15) is 48.0 Å². The molecule has 31 heavy (non-hydrogen) atoms. The first kappa shape index (κ1) is 21.0. The molecule has 1 aromatic heterocycles. The van der Waals surface area contributed by atoms with Gasteiger partial charge in [-0.1, -0.05) is 44.2 Å². The summed E-state index contributed by atoms with van der Waals surface area (Å²) < 4.78 is 5.72. The molecule has 2 heterocycles. The van der Waals surface area contributed by atoms with Crippen molar-refractivity contribution in [1.82, 2.24) is 4.98 Å². The van der Waals surface area contributed by atoms with Gasteiger partial charge in [0.15, 0.2) is 10.9 Å². The van der Waals surface area contributed by atoms with Gasteiger partial charge in [0, 0.05) is 17.9 Å². The molecule has 0 saturated carbocycles. The van der Waals surface area contributed by atoms with Gasteiger partial charge in [-0.25, -0.2) is 4.98 Å². The summed E-state index contributed by atoms with van der Waals surface area (Å²) in [6.07, 6.45) is 3.39. The molecule has 0 saturated heterocycles. The van der Waals surface area contributed by atoms with Crippen LogP contribution in [-0.4, -0.2) is 23.3 Å². The number of nitrogens with zero attached hydrogens (tertiary/aromatic N) is 2. The van der Waals surface area contributed by atoms with Crippen molar-refractivity contribution < 1.29 is 14.3 Å². The molecule has 1 aliphatic rings. The Hall–Kier alpha value is -3.25. The highest BCUT2D eigenvalue weighted by molar-refractivity contribution is 7.14. The third-order valence-electron chi connectivity index (χ3n) is 5.33. The Kier molecular flexibility index (Phi) is 6.00. The van der Waals surface area contributed by atoms with Gasteiger partial charge in [-0.15, -0.1) is 11.3 Å². The van der Waals surface area contributed by atoms with Crippen LogP contribution in [0, 0.1) is 0 Å². The smallest absolute Gasteiger partial charge is 0.230 e. The highest BCUT2D eigenvalue weighted by Gasteiger charge is 2.25. The predicted molar refractivity (Wildman–Crippen MR) is 124 cm³/mol. The number of aryl methyl sites for hydroxylation is 2. The molecule has 1 amide bonds. The molecule has 2 aromatic carbocycles. The minimum atomic E-state index is -0.0878. The molecule has 0 bridgehead atoms. The number of ether oxygens (including phenoxy) is 1. The first-order valence-electron chi connectivity index (χ1n) is 10.4. The third kappa shape index (κ3) is 4.03. The zero-order valence-electron chi connectivity index (χ0n) is 17.8. The Morgan fingerprint density at radius 3 is 2.52 bits per heavy atom. The highest BCUT2D eigenvalue weighted by Crippen LogP contribution is 2.36. The number of anilines is 2. The van der Waals surface area contributed by atoms with Crippen LogP contribution in [0.5, 0.6) is 5.75 Å². The second-order valence-corrected chi connectivity index (χ2v) is 8.16. The SMILES string of the molecule is CCc1cccc(CC)c1N(C(C)=O)c1nc(/C=C2\COc3ccccc3C2=O)cs1. The van der Waals surface area contributed by atoms with Crippen LogP contribution in [0.15, 0.2) is 53.4 Å². The van der Waals surface area contributed by atoms with E-state index in [1.54, 1.807) is 30.0 Å². The van der Waals surface area contributed by atoms with Crippen LogP contribution in [0.4, 0.5) is 10.8 Å². The topological polar surface area (TPSA) is 59.5 Å². The Bertz CT molecular complexity index is 1160. The zero-order valence-corrected chi connectivity index (χ0v) is 18.7. The van der Waals surface area contributed by atoms with Crippen LogP contribution < -0.4 is 9.64 Å². The molecular weight excluding hydrogens is 408 g/mol. The van der Waals surface area contributed by atoms with Crippen molar-refractivity contribution in [2.24, 2.45) is 0 Å². The fraction of sp³-hybridized carbons (Fsp3) is 0.240. The highest BCUT2D eigenvalue weighted by atomic mass is 32.1. The van der Waals surface area contributed by atoms with Gasteiger partial charge in [-0.2, -0.15) is 0 Å². The molecule has 158 valence electrons. The van der Waals surface area contributed by atoms with E-state index in [9.17, 15) is 9.59 Å². The molecule has 0 N–H and O–H groups in total. The number of thiazole rings is 1. The number of carbonyl (C=O) groups excluding carboxylic acids is 2. The molecule has 6 heteroatoms. The van der Waals surface area contributed by atoms with Crippen molar-refractivity contribution in [3.05, 3.63) is 75.8 Å². The van der Waals surface area contributed by atoms with Gasteiger partial charge in [0.25, 0.3) is 0 Å². The summed E-state index contributed by atoms with van der Waals surface area (Å²) in [4.78, 5) is 31.9. The predicted octanol–water partition coefficient (Wildman–Crippen LogP) is 5.61. The van der Waals surface area contributed by atoms with Crippen molar-refractivity contribution in [2.45, 2.75) is 33.6 Å². The number of hydrogen-bond donors (Lipinski definition) is 0. The number of hydrogen-bond acceptors (Lipinski definition) is 5. The van der Waals surface area contributed by atoms with E-state index >= 15 is 0 Å². The van der Waals surface area contributed by atoms with Crippen LogP contribution in [0.3, 0.4) is 0 Å². The number of rotatable bonds is 5. The lowest BCUT2D eigenvalue weighted by Gasteiger charge is -2.24. The van der Waals surface area contributed by atoms with E-state index in [-0.39, 0.29) is 18.3 Å². The van der Waals surface area contributed by atoms with Crippen molar-refractivity contribution >= 4 is 39.9 Å². The lowest BCUT2D eigenvalue weighted by Crippen LogP contribution is -2.25. The van der Waals surface area contributed by atoms with Crippen molar-refractivity contribution in [3.8, 4) is 5.75 Å². The van der Waals surface area contributed by atoms with E-state index in [1.807, 2.05) is 23.6 Å². The second-order valence-electron chi connectivity index (χ2n) is 7.32. The maximum Gasteiger partial charge on any atom is 0.230 e. The zero-order chi connectivity index (χ0) is 22.0. The molecule has 0 radical (unpaired) electrons. The monoisotopic (exact) mass is 432 g/mol. The maximum absolute atomic E-state index is 12.8. The third-order valence-corrected chi connectivity index (χ3v) is 6.18. The maximum atomic E-state index is 12.8. The fourth-order valence-electron chi connectivity index (χ4n) is 3.80. The molecule has 1 aliphatic heterocycles. The molecule has 0 fully saturated rings. The minimum Gasteiger partial charge on any atom is -0.488 e. The largest absolute Gasteiger partial charge is 0.488 e. The number of fused-ring (bicyclic) bond motifs is 1. The van der Waals surface area contributed by atoms with Crippen molar-refractivity contribution in [2.75, 3.05) is 11.5 Å². The molecule has 5 nitrogen and oxygen atoms in total. The van der Waals surface area contributed by atoms with Gasteiger partial charge < -0.3 is 4.74 Å². The summed E-state index contributed by atoms with van der Waals surface area (Å²) in [5, 5.41) is 2.46. The van der Waals surface area contributed by atoms with Crippen molar-refractivity contribution in [3.63, 3.8) is 0 Å². The molecular formula is C25H24N2O3S. The lowest BCUT2D eigenvalue weighted by molar-refractivity contribution is -0.115. The molecule has 4 rings (SSSR count). The number of Topliss-reactive ketones (excluding diaryl/α,β-unsaturated/α-hetero) is 1. The fourth-order valence-corrected chi connectivity index (χ4v) is 4.63.